The van der Waals surface area contributed by atoms with Crippen molar-refractivity contribution >= 4 is 33.0 Å². The Morgan fingerprint density at radius 2 is 1.76 bits per heavy atom. The summed E-state index contributed by atoms with van der Waals surface area (Å²) in [7, 11) is -3.88. The Kier molecular flexibility index (Phi) is 6.56. The predicted molar refractivity (Wildman–Crippen MR) is 115 cm³/mol. The number of rotatable bonds is 8. The van der Waals surface area contributed by atoms with E-state index in [0.717, 1.165) is 16.9 Å². The molecule has 6 nitrogen and oxygen atoms in total. The van der Waals surface area contributed by atoms with Gasteiger partial charge in [0.05, 0.1) is 6.54 Å². The van der Waals surface area contributed by atoms with Crippen molar-refractivity contribution in [1.29, 1.82) is 0 Å². The molecule has 1 heterocycles. The molecule has 0 saturated heterocycles. The first-order chi connectivity index (χ1) is 13.8. The van der Waals surface area contributed by atoms with E-state index in [-0.39, 0.29) is 22.4 Å². The van der Waals surface area contributed by atoms with Gasteiger partial charge in [-0.25, -0.2) is 8.42 Å². The number of hydrogen-bond acceptors (Lipinski definition) is 5. The number of para-hydroxylation sites is 1. The van der Waals surface area contributed by atoms with E-state index < -0.39 is 15.9 Å². The van der Waals surface area contributed by atoms with Crippen LogP contribution in [0.4, 0.5) is 5.69 Å². The van der Waals surface area contributed by atoms with Crippen LogP contribution in [0.1, 0.15) is 22.2 Å². The van der Waals surface area contributed by atoms with Crippen LogP contribution in [-0.2, 0) is 10.0 Å². The lowest BCUT2D eigenvalue weighted by atomic mass is 10.2. The Balaban J connectivity index is 1.65. The summed E-state index contributed by atoms with van der Waals surface area (Å²) in [5.41, 5.74) is 1.47. The van der Waals surface area contributed by atoms with E-state index in [0.29, 0.717) is 11.4 Å². The molecule has 1 unspecified atom stereocenters. The molecule has 8 heteroatoms. The molecule has 0 fully saturated rings. The molecule has 0 spiro atoms. The SMILES string of the molecule is Cc1ccc(NS(=O)(=O)c2ccsc2C(=O)NCC(C)Oc2ccccc2)cc1. The number of carbonyl (C=O) groups excluding carboxylic acids is 1. The first-order valence-electron chi connectivity index (χ1n) is 9.02. The average Bonchev–Trinajstić information content (AvgIpc) is 3.20. The van der Waals surface area contributed by atoms with E-state index in [2.05, 4.69) is 10.0 Å². The number of carbonyl (C=O) groups is 1. The molecule has 0 radical (unpaired) electrons. The van der Waals surface area contributed by atoms with Gasteiger partial charge in [-0.2, -0.15) is 0 Å². The van der Waals surface area contributed by atoms with Crippen molar-refractivity contribution in [1.82, 2.24) is 5.32 Å². The quantitative estimate of drug-likeness (QED) is 0.565. The minimum atomic E-state index is -3.88. The van der Waals surface area contributed by atoms with Crippen LogP contribution in [0.25, 0.3) is 0 Å². The van der Waals surface area contributed by atoms with Crippen molar-refractivity contribution < 1.29 is 17.9 Å². The van der Waals surface area contributed by atoms with Gasteiger partial charge in [-0.05, 0) is 49.6 Å². The van der Waals surface area contributed by atoms with Crippen LogP contribution in [-0.4, -0.2) is 27.0 Å². The Bertz CT molecular complexity index is 1060. The molecular formula is C21H22N2O4S2. The molecule has 29 heavy (non-hydrogen) atoms. The van der Waals surface area contributed by atoms with Gasteiger partial charge in [-0.15, -0.1) is 11.3 Å². The third kappa shape index (κ3) is 5.58. The molecule has 2 N–H and O–H groups in total. The minimum absolute atomic E-state index is 0.0443. The number of thiophene rings is 1. The van der Waals surface area contributed by atoms with Crippen LogP contribution in [0.15, 0.2) is 70.9 Å². The number of hydrogen-bond donors (Lipinski definition) is 2. The maximum Gasteiger partial charge on any atom is 0.263 e. The molecule has 0 saturated carbocycles. The van der Waals surface area contributed by atoms with Gasteiger partial charge in [0.25, 0.3) is 15.9 Å². The molecule has 1 atom stereocenters. The first-order valence-corrected chi connectivity index (χ1v) is 11.4. The minimum Gasteiger partial charge on any atom is -0.489 e. The lowest BCUT2D eigenvalue weighted by Gasteiger charge is -2.15. The molecular weight excluding hydrogens is 408 g/mol. The van der Waals surface area contributed by atoms with Crippen molar-refractivity contribution in [2.24, 2.45) is 0 Å². The first kappa shape index (κ1) is 20.9. The molecule has 152 valence electrons. The number of ether oxygens (including phenoxy) is 1. The number of sulfonamides is 1. The highest BCUT2D eigenvalue weighted by Crippen LogP contribution is 2.24. The van der Waals surface area contributed by atoms with E-state index in [1.165, 1.54) is 6.07 Å². The Morgan fingerprint density at radius 1 is 1.07 bits per heavy atom. The second kappa shape index (κ2) is 9.11. The predicted octanol–water partition coefficient (Wildman–Crippen LogP) is 4.05. The highest BCUT2D eigenvalue weighted by molar-refractivity contribution is 7.93. The number of anilines is 1. The summed E-state index contributed by atoms with van der Waals surface area (Å²) in [6.07, 6.45) is -0.271. The van der Waals surface area contributed by atoms with Crippen LogP contribution in [0.5, 0.6) is 5.75 Å². The highest BCUT2D eigenvalue weighted by atomic mass is 32.2. The zero-order valence-electron chi connectivity index (χ0n) is 16.1. The van der Waals surface area contributed by atoms with Gasteiger partial charge in [0.2, 0.25) is 0 Å². The number of aryl methyl sites for hydroxylation is 1. The van der Waals surface area contributed by atoms with Gasteiger partial charge < -0.3 is 10.1 Å². The van der Waals surface area contributed by atoms with Crippen LogP contribution >= 0.6 is 11.3 Å². The maximum absolute atomic E-state index is 12.7. The lowest BCUT2D eigenvalue weighted by molar-refractivity contribution is 0.0933. The monoisotopic (exact) mass is 430 g/mol. The summed E-state index contributed by atoms with van der Waals surface area (Å²) in [6.45, 7) is 4.00. The van der Waals surface area contributed by atoms with Gasteiger partial charge in [0.1, 0.15) is 21.6 Å². The van der Waals surface area contributed by atoms with E-state index in [1.54, 1.807) is 17.5 Å². The highest BCUT2D eigenvalue weighted by Gasteiger charge is 2.24. The smallest absolute Gasteiger partial charge is 0.263 e. The molecule has 0 aliphatic rings. The summed E-state index contributed by atoms with van der Waals surface area (Å²) in [5.74, 6) is 0.253. The third-order valence-electron chi connectivity index (χ3n) is 4.06. The van der Waals surface area contributed by atoms with E-state index >= 15 is 0 Å². The van der Waals surface area contributed by atoms with Gasteiger partial charge >= 0.3 is 0 Å². The Morgan fingerprint density at radius 3 is 2.45 bits per heavy atom. The summed E-state index contributed by atoms with van der Waals surface area (Å²) in [4.78, 5) is 12.7. The molecule has 2 aromatic carbocycles. The molecule has 0 aliphatic carbocycles. The van der Waals surface area contributed by atoms with Gasteiger partial charge in [0.15, 0.2) is 0 Å². The number of nitrogens with one attached hydrogen (secondary N) is 2. The summed E-state index contributed by atoms with van der Waals surface area (Å²) in [5, 5.41) is 4.33. The lowest BCUT2D eigenvalue weighted by Crippen LogP contribution is -2.34. The van der Waals surface area contributed by atoms with Crippen molar-refractivity contribution in [3.05, 3.63) is 76.5 Å². The van der Waals surface area contributed by atoms with E-state index in [4.69, 9.17) is 4.74 Å². The topological polar surface area (TPSA) is 84.5 Å². The van der Waals surface area contributed by atoms with E-state index in [9.17, 15) is 13.2 Å². The number of amides is 1. The fourth-order valence-electron chi connectivity index (χ4n) is 2.60. The van der Waals surface area contributed by atoms with Crippen LogP contribution in [0.2, 0.25) is 0 Å². The largest absolute Gasteiger partial charge is 0.489 e. The molecule has 1 aromatic heterocycles. The molecule has 3 rings (SSSR count). The van der Waals surface area contributed by atoms with Crippen LogP contribution in [0, 0.1) is 6.92 Å². The second-order valence-corrected chi connectivity index (χ2v) is 9.10. The maximum atomic E-state index is 12.7. The van der Waals surface area contributed by atoms with Crippen molar-refractivity contribution in [2.75, 3.05) is 11.3 Å². The second-order valence-electron chi connectivity index (χ2n) is 6.54. The van der Waals surface area contributed by atoms with Gasteiger partial charge in [-0.1, -0.05) is 35.9 Å². The molecule has 0 aliphatic heterocycles. The van der Waals surface area contributed by atoms with E-state index in [1.807, 2.05) is 56.3 Å². The van der Waals surface area contributed by atoms with Crippen LogP contribution in [0.3, 0.4) is 0 Å². The Labute approximate surface area is 174 Å². The average molecular weight is 431 g/mol. The Hall–Kier alpha value is -2.84. The summed E-state index contributed by atoms with van der Waals surface area (Å²) in [6, 6.07) is 17.7. The standard InChI is InChI=1S/C21H22N2O4S2/c1-15-8-10-17(11-9-15)23-29(25,26)19-12-13-28-20(19)21(24)22-14-16(2)27-18-6-4-3-5-7-18/h3-13,16,23H,14H2,1-2H3,(H,22,24). The summed E-state index contributed by atoms with van der Waals surface area (Å²) < 4.78 is 33.7. The number of benzene rings is 2. The molecule has 0 bridgehead atoms. The molecule has 1 amide bonds. The fourth-order valence-corrected chi connectivity index (χ4v) is 5.00. The van der Waals surface area contributed by atoms with Gasteiger partial charge in [0, 0.05) is 5.69 Å². The molecule has 3 aromatic rings. The fraction of sp³-hybridized carbons (Fsp3) is 0.190. The summed E-state index contributed by atoms with van der Waals surface area (Å²) >= 11 is 1.08. The van der Waals surface area contributed by atoms with Crippen molar-refractivity contribution in [3.8, 4) is 5.75 Å². The van der Waals surface area contributed by atoms with Crippen molar-refractivity contribution in [3.63, 3.8) is 0 Å². The zero-order valence-corrected chi connectivity index (χ0v) is 17.7. The van der Waals surface area contributed by atoms with Gasteiger partial charge in [-0.3, -0.25) is 9.52 Å². The normalized spacial score (nSPS) is 12.2. The van der Waals surface area contributed by atoms with Crippen molar-refractivity contribution in [2.45, 2.75) is 24.8 Å². The zero-order chi connectivity index (χ0) is 20.9. The third-order valence-corrected chi connectivity index (χ3v) is 6.53. The van der Waals surface area contributed by atoms with Crippen LogP contribution < -0.4 is 14.8 Å².